The van der Waals surface area contributed by atoms with Gasteiger partial charge in [0, 0.05) is 42.5 Å². The Kier molecular flexibility index (Phi) is 3.91. The number of hydrogen-bond acceptors (Lipinski definition) is 4. The molecule has 1 unspecified atom stereocenters. The van der Waals surface area contributed by atoms with Gasteiger partial charge in [-0.05, 0) is 13.3 Å². The SMILES string of the molecule is CCCn1ccnc1CC(N)c1cnc(C)s1. The highest BCUT2D eigenvalue weighted by Gasteiger charge is 2.13. The Bertz CT molecular complexity index is 474. The first-order chi connectivity index (χ1) is 8.20. The molecule has 1 atom stereocenters. The number of imidazole rings is 1. The largest absolute Gasteiger partial charge is 0.335 e. The molecule has 17 heavy (non-hydrogen) atoms. The van der Waals surface area contributed by atoms with E-state index in [4.69, 9.17) is 5.73 Å². The zero-order valence-electron chi connectivity index (χ0n) is 10.3. The van der Waals surface area contributed by atoms with Crippen LogP contribution in [0.1, 0.15) is 35.1 Å². The summed E-state index contributed by atoms with van der Waals surface area (Å²) in [4.78, 5) is 9.74. The molecule has 0 saturated heterocycles. The Hall–Kier alpha value is -1.20. The summed E-state index contributed by atoms with van der Waals surface area (Å²) >= 11 is 1.66. The first-order valence-electron chi connectivity index (χ1n) is 5.88. The van der Waals surface area contributed by atoms with Crippen molar-refractivity contribution in [3.05, 3.63) is 34.3 Å². The van der Waals surface area contributed by atoms with Crippen molar-refractivity contribution in [1.82, 2.24) is 14.5 Å². The summed E-state index contributed by atoms with van der Waals surface area (Å²) in [6.45, 7) is 5.17. The zero-order valence-corrected chi connectivity index (χ0v) is 11.1. The molecule has 0 fully saturated rings. The third kappa shape index (κ3) is 2.92. The predicted octanol–water partition coefficient (Wildman–Crippen LogP) is 2.30. The normalized spacial score (nSPS) is 12.9. The standard InChI is InChI=1S/C12H18N4S/c1-3-5-16-6-4-14-12(16)7-10(13)11-8-15-9(2)17-11/h4,6,8,10H,3,5,7,13H2,1-2H3. The van der Waals surface area contributed by atoms with E-state index in [2.05, 4.69) is 21.5 Å². The lowest BCUT2D eigenvalue weighted by molar-refractivity contribution is 0.602. The maximum absolute atomic E-state index is 6.18. The fraction of sp³-hybridized carbons (Fsp3) is 0.500. The van der Waals surface area contributed by atoms with Crippen molar-refractivity contribution >= 4 is 11.3 Å². The second-order valence-corrected chi connectivity index (χ2v) is 5.40. The van der Waals surface area contributed by atoms with Gasteiger partial charge in [0.05, 0.1) is 5.01 Å². The van der Waals surface area contributed by atoms with E-state index in [1.54, 1.807) is 11.3 Å². The van der Waals surface area contributed by atoms with Crippen molar-refractivity contribution in [3.8, 4) is 0 Å². The van der Waals surface area contributed by atoms with E-state index in [9.17, 15) is 0 Å². The fourth-order valence-electron chi connectivity index (χ4n) is 1.82. The zero-order chi connectivity index (χ0) is 12.3. The van der Waals surface area contributed by atoms with Gasteiger partial charge in [-0.3, -0.25) is 0 Å². The quantitative estimate of drug-likeness (QED) is 0.886. The van der Waals surface area contributed by atoms with E-state index in [0.717, 1.165) is 35.1 Å². The Morgan fingerprint density at radius 1 is 1.47 bits per heavy atom. The first-order valence-corrected chi connectivity index (χ1v) is 6.70. The lowest BCUT2D eigenvalue weighted by Crippen LogP contribution is -2.15. The fourth-order valence-corrected chi connectivity index (χ4v) is 2.61. The molecule has 0 aliphatic heterocycles. The van der Waals surface area contributed by atoms with Crippen LogP contribution >= 0.6 is 11.3 Å². The molecule has 2 aromatic rings. The average molecular weight is 250 g/mol. The molecule has 2 N–H and O–H groups in total. The molecule has 5 heteroatoms. The molecule has 92 valence electrons. The van der Waals surface area contributed by atoms with Crippen LogP contribution in [-0.4, -0.2) is 14.5 Å². The molecular formula is C12H18N4S. The highest BCUT2D eigenvalue weighted by molar-refractivity contribution is 7.11. The van der Waals surface area contributed by atoms with Gasteiger partial charge in [0.2, 0.25) is 0 Å². The van der Waals surface area contributed by atoms with E-state index in [1.165, 1.54) is 0 Å². The second-order valence-electron chi connectivity index (χ2n) is 4.13. The molecule has 2 aromatic heterocycles. The Balaban J connectivity index is 2.07. The minimum atomic E-state index is -0.000735. The highest BCUT2D eigenvalue weighted by Crippen LogP contribution is 2.21. The van der Waals surface area contributed by atoms with Crippen LogP contribution in [0.3, 0.4) is 0 Å². The van der Waals surface area contributed by atoms with Gasteiger partial charge in [-0.2, -0.15) is 0 Å². The molecule has 0 saturated carbocycles. The summed E-state index contributed by atoms with van der Waals surface area (Å²) in [5, 5.41) is 1.06. The molecule has 0 radical (unpaired) electrons. The van der Waals surface area contributed by atoms with Crippen molar-refractivity contribution in [1.29, 1.82) is 0 Å². The topological polar surface area (TPSA) is 56.7 Å². The molecule has 0 amide bonds. The summed E-state index contributed by atoms with van der Waals surface area (Å²) in [5.74, 6) is 1.06. The van der Waals surface area contributed by atoms with Crippen molar-refractivity contribution in [2.45, 2.75) is 39.3 Å². The van der Waals surface area contributed by atoms with Crippen LogP contribution < -0.4 is 5.73 Å². The van der Waals surface area contributed by atoms with E-state index in [-0.39, 0.29) is 6.04 Å². The molecule has 0 aromatic carbocycles. The van der Waals surface area contributed by atoms with Crippen LogP contribution in [0.5, 0.6) is 0 Å². The van der Waals surface area contributed by atoms with Crippen molar-refractivity contribution in [2.75, 3.05) is 0 Å². The maximum Gasteiger partial charge on any atom is 0.110 e. The molecule has 0 bridgehead atoms. The number of nitrogens with two attached hydrogens (primary N) is 1. The van der Waals surface area contributed by atoms with Gasteiger partial charge in [0.15, 0.2) is 0 Å². The lowest BCUT2D eigenvalue weighted by Gasteiger charge is -2.10. The van der Waals surface area contributed by atoms with Crippen molar-refractivity contribution in [3.63, 3.8) is 0 Å². The number of thiazole rings is 1. The smallest absolute Gasteiger partial charge is 0.110 e. The van der Waals surface area contributed by atoms with E-state index in [1.807, 2.05) is 25.5 Å². The summed E-state index contributed by atoms with van der Waals surface area (Å²) in [5.41, 5.74) is 6.18. The first kappa shape index (κ1) is 12.3. The maximum atomic E-state index is 6.18. The number of rotatable bonds is 5. The molecular weight excluding hydrogens is 232 g/mol. The molecule has 0 aliphatic carbocycles. The van der Waals surface area contributed by atoms with E-state index in [0.29, 0.717) is 0 Å². The molecule has 2 rings (SSSR count). The third-order valence-electron chi connectivity index (χ3n) is 2.67. The lowest BCUT2D eigenvalue weighted by atomic mass is 10.2. The Labute approximate surface area is 106 Å². The van der Waals surface area contributed by atoms with Gasteiger partial charge in [0.25, 0.3) is 0 Å². The summed E-state index contributed by atoms with van der Waals surface area (Å²) in [6, 6.07) is -0.000735. The Morgan fingerprint density at radius 2 is 2.29 bits per heavy atom. The van der Waals surface area contributed by atoms with Gasteiger partial charge in [-0.15, -0.1) is 11.3 Å². The van der Waals surface area contributed by atoms with Gasteiger partial charge in [-0.1, -0.05) is 6.92 Å². The average Bonchev–Trinajstić information content (AvgIpc) is 2.89. The van der Waals surface area contributed by atoms with Crippen LogP contribution in [0, 0.1) is 6.92 Å². The van der Waals surface area contributed by atoms with E-state index >= 15 is 0 Å². The summed E-state index contributed by atoms with van der Waals surface area (Å²) in [6.07, 6.45) is 7.61. The van der Waals surface area contributed by atoms with Gasteiger partial charge >= 0.3 is 0 Å². The predicted molar refractivity (Wildman–Crippen MR) is 70.0 cm³/mol. The molecule has 0 spiro atoms. The minimum Gasteiger partial charge on any atom is -0.335 e. The van der Waals surface area contributed by atoms with Gasteiger partial charge in [-0.25, -0.2) is 9.97 Å². The summed E-state index contributed by atoms with van der Waals surface area (Å²) < 4.78 is 2.17. The third-order valence-corrected chi connectivity index (χ3v) is 3.72. The van der Waals surface area contributed by atoms with Crippen LogP contribution in [0.25, 0.3) is 0 Å². The number of aromatic nitrogens is 3. The molecule has 4 nitrogen and oxygen atoms in total. The van der Waals surface area contributed by atoms with Crippen molar-refractivity contribution in [2.24, 2.45) is 5.73 Å². The van der Waals surface area contributed by atoms with Gasteiger partial charge in [0.1, 0.15) is 5.82 Å². The Morgan fingerprint density at radius 3 is 2.94 bits per heavy atom. The second kappa shape index (κ2) is 5.42. The van der Waals surface area contributed by atoms with Crippen molar-refractivity contribution < 1.29 is 0 Å². The number of hydrogen-bond donors (Lipinski definition) is 1. The minimum absolute atomic E-state index is 0.000735. The van der Waals surface area contributed by atoms with Crippen LogP contribution in [0.15, 0.2) is 18.6 Å². The van der Waals surface area contributed by atoms with Crippen LogP contribution in [0.2, 0.25) is 0 Å². The van der Waals surface area contributed by atoms with Crippen LogP contribution in [-0.2, 0) is 13.0 Å². The molecule has 0 aliphatic rings. The monoisotopic (exact) mass is 250 g/mol. The summed E-state index contributed by atoms with van der Waals surface area (Å²) in [7, 11) is 0. The highest BCUT2D eigenvalue weighted by atomic mass is 32.1. The number of aryl methyl sites for hydroxylation is 2. The van der Waals surface area contributed by atoms with Crippen LogP contribution in [0.4, 0.5) is 0 Å². The number of nitrogens with zero attached hydrogens (tertiary/aromatic N) is 3. The molecule has 2 heterocycles. The van der Waals surface area contributed by atoms with Gasteiger partial charge < -0.3 is 10.3 Å². The van der Waals surface area contributed by atoms with E-state index < -0.39 is 0 Å².